The number of aryl methyl sites for hydroxylation is 1. The Kier molecular flexibility index (Phi) is 6.27. The number of methoxy groups -OCH3 is 1. The third-order valence-corrected chi connectivity index (χ3v) is 4.60. The van der Waals surface area contributed by atoms with E-state index in [4.69, 9.17) is 19.3 Å². The highest BCUT2D eigenvalue weighted by atomic mass is 16.5. The largest absolute Gasteiger partial charge is 0.493 e. The van der Waals surface area contributed by atoms with Crippen molar-refractivity contribution >= 4 is 12.0 Å². The first-order valence-electron chi connectivity index (χ1n) is 9.05. The lowest BCUT2D eigenvalue weighted by Crippen LogP contribution is -2.36. The Morgan fingerprint density at radius 3 is 2.82 bits per heavy atom. The van der Waals surface area contributed by atoms with Gasteiger partial charge in [-0.2, -0.15) is 10.2 Å². The van der Waals surface area contributed by atoms with Crippen molar-refractivity contribution in [3.05, 3.63) is 41.6 Å². The van der Waals surface area contributed by atoms with Crippen LogP contribution in [-0.4, -0.2) is 47.8 Å². The molecular weight excluding hydrogens is 360 g/mol. The molecule has 0 bridgehead atoms. The van der Waals surface area contributed by atoms with Gasteiger partial charge in [0.2, 0.25) is 11.8 Å². The highest BCUT2D eigenvalue weighted by molar-refractivity contribution is 5.92. The number of likely N-dealkylation sites (tertiary alicyclic amines) is 1. The first-order chi connectivity index (χ1) is 13.6. The number of ether oxygens (including phenoxy) is 2. The third-order valence-electron chi connectivity index (χ3n) is 4.60. The van der Waals surface area contributed by atoms with Crippen LogP contribution in [0.15, 0.2) is 28.8 Å². The summed E-state index contributed by atoms with van der Waals surface area (Å²) in [6, 6.07) is 7.21. The van der Waals surface area contributed by atoms with Gasteiger partial charge in [0.15, 0.2) is 23.9 Å². The average Bonchev–Trinajstić information content (AvgIpc) is 3.17. The molecule has 1 aromatic heterocycles. The van der Waals surface area contributed by atoms with Gasteiger partial charge < -0.3 is 18.9 Å². The summed E-state index contributed by atoms with van der Waals surface area (Å²) >= 11 is 0. The Bertz CT molecular complexity index is 892. The molecule has 0 atom stereocenters. The van der Waals surface area contributed by atoms with E-state index < -0.39 is 0 Å². The number of amides is 1. The van der Waals surface area contributed by atoms with Crippen molar-refractivity contribution in [1.29, 1.82) is 5.26 Å². The first-order valence-corrected chi connectivity index (χ1v) is 9.05. The number of carbonyl (C=O) groups is 1. The summed E-state index contributed by atoms with van der Waals surface area (Å²) in [4.78, 5) is 18.6. The minimum Gasteiger partial charge on any atom is -0.493 e. The van der Waals surface area contributed by atoms with Gasteiger partial charge in [-0.25, -0.2) is 0 Å². The number of aromatic nitrogens is 2. The van der Waals surface area contributed by atoms with Crippen LogP contribution in [0.25, 0.3) is 6.08 Å². The van der Waals surface area contributed by atoms with E-state index in [1.54, 1.807) is 31.2 Å². The van der Waals surface area contributed by atoms with Crippen LogP contribution in [-0.2, 0) is 4.79 Å². The molecule has 1 fully saturated rings. The standard InChI is InChI=1S/C20H22N4O4/c1-14-22-20(28-23-14)16-7-10-24(11-8-16)19(25)6-4-15-3-5-17(27-12-9-21)18(13-15)26-2/h3-6,13,16H,7-8,10-12H2,1-2H3. The maximum Gasteiger partial charge on any atom is 0.246 e. The maximum atomic E-state index is 12.5. The zero-order chi connectivity index (χ0) is 19.9. The van der Waals surface area contributed by atoms with Crippen molar-refractivity contribution in [3.63, 3.8) is 0 Å². The molecule has 0 N–H and O–H groups in total. The van der Waals surface area contributed by atoms with E-state index in [0.717, 1.165) is 18.4 Å². The molecule has 3 rings (SSSR count). The number of nitriles is 1. The van der Waals surface area contributed by atoms with Crippen LogP contribution >= 0.6 is 0 Å². The van der Waals surface area contributed by atoms with Gasteiger partial charge in [0.05, 0.1) is 7.11 Å². The number of hydrogen-bond acceptors (Lipinski definition) is 7. The summed E-state index contributed by atoms with van der Waals surface area (Å²) in [5.74, 6) is 2.47. The average molecular weight is 382 g/mol. The molecule has 0 radical (unpaired) electrons. The molecule has 0 unspecified atom stereocenters. The molecular formula is C20H22N4O4. The summed E-state index contributed by atoms with van der Waals surface area (Å²) in [7, 11) is 1.53. The molecule has 2 aromatic rings. The smallest absolute Gasteiger partial charge is 0.246 e. The van der Waals surface area contributed by atoms with Gasteiger partial charge in [-0.3, -0.25) is 4.79 Å². The lowest BCUT2D eigenvalue weighted by molar-refractivity contribution is -0.127. The van der Waals surface area contributed by atoms with E-state index in [-0.39, 0.29) is 18.4 Å². The van der Waals surface area contributed by atoms with E-state index >= 15 is 0 Å². The first kappa shape index (κ1) is 19.4. The Morgan fingerprint density at radius 1 is 1.39 bits per heavy atom. The normalized spacial score (nSPS) is 14.8. The number of benzene rings is 1. The van der Waals surface area contributed by atoms with Gasteiger partial charge >= 0.3 is 0 Å². The number of rotatable bonds is 6. The van der Waals surface area contributed by atoms with Crippen LogP contribution in [0.3, 0.4) is 0 Å². The van der Waals surface area contributed by atoms with Gasteiger partial charge in [-0.15, -0.1) is 0 Å². The summed E-state index contributed by atoms with van der Waals surface area (Å²) < 4.78 is 15.8. The van der Waals surface area contributed by atoms with Crippen LogP contribution in [0.4, 0.5) is 0 Å². The number of nitrogens with zero attached hydrogens (tertiary/aromatic N) is 4. The fourth-order valence-corrected chi connectivity index (χ4v) is 3.12. The fourth-order valence-electron chi connectivity index (χ4n) is 3.12. The quantitative estimate of drug-likeness (QED) is 0.708. The van der Waals surface area contributed by atoms with Crippen molar-refractivity contribution in [3.8, 4) is 17.6 Å². The van der Waals surface area contributed by atoms with Gasteiger partial charge in [0.1, 0.15) is 6.07 Å². The lowest BCUT2D eigenvalue weighted by atomic mass is 9.96. The second-order valence-corrected chi connectivity index (χ2v) is 6.47. The summed E-state index contributed by atoms with van der Waals surface area (Å²) in [6.07, 6.45) is 4.91. The molecule has 1 amide bonds. The van der Waals surface area contributed by atoms with E-state index in [1.807, 2.05) is 17.0 Å². The van der Waals surface area contributed by atoms with Crippen LogP contribution in [0, 0.1) is 18.3 Å². The molecule has 1 aliphatic rings. The van der Waals surface area contributed by atoms with Gasteiger partial charge in [0, 0.05) is 25.1 Å². The van der Waals surface area contributed by atoms with Gasteiger partial charge in [-0.1, -0.05) is 11.2 Å². The SMILES string of the molecule is COc1cc(C=CC(=O)N2CCC(c3nc(C)no3)CC2)ccc1OCC#N. The fraction of sp³-hybridized carbons (Fsp3) is 0.400. The molecule has 0 aliphatic carbocycles. The van der Waals surface area contributed by atoms with Crippen molar-refractivity contribution in [1.82, 2.24) is 15.0 Å². The van der Waals surface area contributed by atoms with Crippen LogP contribution in [0.2, 0.25) is 0 Å². The minimum absolute atomic E-state index is 0.0380. The summed E-state index contributed by atoms with van der Waals surface area (Å²) in [5, 5.41) is 12.4. The molecule has 1 aliphatic heterocycles. The monoisotopic (exact) mass is 382 g/mol. The Hall–Kier alpha value is -3.34. The van der Waals surface area contributed by atoms with E-state index in [0.29, 0.717) is 36.3 Å². The Morgan fingerprint density at radius 2 is 2.18 bits per heavy atom. The molecule has 8 nitrogen and oxygen atoms in total. The predicted molar refractivity (Wildman–Crippen MR) is 101 cm³/mol. The second kappa shape index (κ2) is 9.04. The molecule has 28 heavy (non-hydrogen) atoms. The lowest BCUT2D eigenvalue weighted by Gasteiger charge is -2.29. The maximum absolute atomic E-state index is 12.5. The van der Waals surface area contributed by atoms with E-state index in [2.05, 4.69) is 10.1 Å². The van der Waals surface area contributed by atoms with Crippen LogP contribution < -0.4 is 9.47 Å². The molecule has 0 saturated carbocycles. The number of carbonyl (C=O) groups excluding carboxylic acids is 1. The Labute approximate surface area is 163 Å². The third kappa shape index (κ3) is 4.68. The van der Waals surface area contributed by atoms with Crippen LogP contribution in [0.5, 0.6) is 11.5 Å². The van der Waals surface area contributed by atoms with Gasteiger partial charge in [0.25, 0.3) is 0 Å². The van der Waals surface area contributed by atoms with E-state index in [1.165, 1.54) is 7.11 Å². The highest BCUT2D eigenvalue weighted by Gasteiger charge is 2.26. The molecule has 1 saturated heterocycles. The number of piperidine rings is 1. The van der Waals surface area contributed by atoms with E-state index in [9.17, 15) is 4.79 Å². The van der Waals surface area contributed by atoms with Crippen LogP contribution in [0.1, 0.15) is 36.0 Å². The van der Waals surface area contributed by atoms with Crippen molar-refractivity contribution in [2.45, 2.75) is 25.7 Å². The van der Waals surface area contributed by atoms with Crippen molar-refractivity contribution in [2.75, 3.05) is 26.8 Å². The topological polar surface area (TPSA) is 101 Å². The zero-order valence-electron chi connectivity index (χ0n) is 15.9. The molecule has 1 aromatic carbocycles. The minimum atomic E-state index is -0.0524. The zero-order valence-corrected chi connectivity index (χ0v) is 15.9. The van der Waals surface area contributed by atoms with Crippen molar-refractivity contribution < 1.29 is 18.8 Å². The molecule has 2 heterocycles. The van der Waals surface area contributed by atoms with Crippen molar-refractivity contribution in [2.24, 2.45) is 0 Å². The Balaban J connectivity index is 1.57. The predicted octanol–water partition coefficient (Wildman–Crippen LogP) is 2.71. The highest BCUT2D eigenvalue weighted by Crippen LogP contribution is 2.29. The second-order valence-electron chi connectivity index (χ2n) is 6.47. The summed E-state index contributed by atoms with van der Waals surface area (Å²) in [5.41, 5.74) is 0.811. The van der Waals surface area contributed by atoms with Gasteiger partial charge in [-0.05, 0) is 43.5 Å². The summed E-state index contributed by atoms with van der Waals surface area (Å²) in [6.45, 7) is 3.05. The number of hydrogen-bond donors (Lipinski definition) is 0. The molecule has 8 heteroatoms. The molecule has 0 spiro atoms. The molecule has 146 valence electrons.